The highest BCUT2D eigenvalue weighted by atomic mass is 19.1. The number of hydrogen-bond donors (Lipinski definition) is 2. The molecule has 8 nitrogen and oxygen atoms in total. The monoisotopic (exact) mass is 492 g/mol. The molecule has 184 valence electrons. The summed E-state index contributed by atoms with van der Waals surface area (Å²) in [5.74, 6) is 0.279. The van der Waals surface area contributed by atoms with Gasteiger partial charge in [0.15, 0.2) is 5.82 Å². The Kier molecular flexibility index (Phi) is 5.90. The second kappa shape index (κ2) is 9.51. The van der Waals surface area contributed by atoms with E-state index in [9.17, 15) is 4.39 Å². The lowest BCUT2D eigenvalue weighted by molar-refractivity contribution is 0.400. The number of aryl methyl sites for hydroxylation is 1. The minimum absolute atomic E-state index is 0.318. The molecule has 5 aromatic heterocycles. The van der Waals surface area contributed by atoms with Crippen LogP contribution >= 0.6 is 0 Å². The number of rotatable bonds is 7. The number of imidazole rings is 1. The van der Waals surface area contributed by atoms with Crippen molar-refractivity contribution < 1.29 is 4.39 Å². The average Bonchev–Trinajstić information content (AvgIpc) is 3.52. The first-order valence-corrected chi connectivity index (χ1v) is 12.1. The number of hydrogen-bond acceptors (Lipinski definition) is 6. The number of aromatic nitrogens is 7. The number of fused-ring (bicyclic) bond motifs is 2. The molecule has 0 aliphatic carbocycles. The van der Waals surface area contributed by atoms with Crippen molar-refractivity contribution in [2.24, 2.45) is 0 Å². The molecule has 0 saturated heterocycles. The highest BCUT2D eigenvalue weighted by Gasteiger charge is 2.17. The number of nitrogens with one attached hydrogen (secondary N) is 2. The van der Waals surface area contributed by atoms with Crippen molar-refractivity contribution in [1.29, 1.82) is 0 Å². The van der Waals surface area contributed by atoms with E-state index in [1.807, 2.05) is 30.6 Å². The van der Waals surface area contributed by atoms with Gasteiger partial charge in [-0.05, 0) is 69.4 Å². The Bertz CT molecular complexity index is 1720. The maximum atomic E-state index is 13.9. The Balaban J connectivity index is 1.38. The first-order chi connectivity index (χ1) is 18.0. The van der Waals surface area contributed by atoms with Crippen LogP contribution in [0.3, 0.4) is 0 Å². The molecule has 0 radical (unpaired) electrons. The van der Waals surface area contributed by atoms with E-state index in [1.165, 1.54) is 17.7 Å². The van der Waals surface area contributed by atoms with Crippen LogP contribution in [0.25, 0.3) is 56.0 Å². The van der Waals surface area contributed by atoms with Gasteiger partial charge in [0.25, 0.3) is 0 Å². The fraction of sp³-hybridized carbons (Fsp3) is 0.179. The van der Waals surface area contributed by atoms with Gasteiger partial charge in [0.1, 0.15) is 17.0 Å². The Morgan fingerprint density at radius 3 is 2.70 bits per heavy atom. The molecule has 0 spiro atoms. The molecule has 6 rings (SSSR count). The molecule has 0 atom stereocenters. The van der Waals surface area contributed by atoms with Gasteiger partial charge in [0, 0.05) is 35.1 Å². The summed E-state index contributed by atoms with van der Waals surface area (Å²) in [6.07, 6.45) is 9.24. The molecule has 1 aromatic carbocycles. The molecule has 0 fully saturated rings. The molecule has 0 unspecified atom stereocenters. The molecular weight excluding hydrogens is 467 g/mol. The van der Waals surface area contributed by atoms with E-state index < -0.39 is 0 Å². The zero-order valence-corrected chi connectivity index (χ0v) is 20.5. The molecule has 0 aliphatic rings. The Morgan fingerprint density at radius 1 is 0.919 bits per heavy atom. The minimum Gasteiger partial charge on any atom is -0.336 e. The quantitative estimate of drug-likeness (QED) is 0.315. The fourth-order valence-electron chi connectivity index (χ4n) is 4.51. The molecule has 2 N–H and O–H groups in total. The summed E-state index contributed by atoms with van der Waals surface area (Å²) in [4.78, 5) is 23.9. The molecule has 0 saturated carbocycles. The van der Waals surface area contributed by atoms with Gasteiger partial charge in [-0.25, -0.2) is 9.37 Å². The summed E-state index contributed by atoms with van der Waals surface area (Å²) in [6, 6.07) is 12.4. The first-order valence-electron chi connectivity index (χ1n) is 12.1. The fourth-order valence-corrected chi connectivity index (χ4v) is 4.51. The van der Waals surface area contributed by atoms with Gasteiger partial charge < -0.3 is 9.88 Å². The lowest BCUT2D eigenvalue weighted by atomic mass is 10.1. The number of benzene rings is 1. The van der Waals surface area contributed by atoms with Crippen molar-refractivity contribution in [2.45, 2.75) is 12.8 Å². The third-order valence-corrected chi connectivity index (χ3v) is 6.33. The summed E-state index contributed by atoms with van der Waals surface area (Å²) in [6.45, 7) is 1.03. The standard InChI is InChI=1S/C28H25FN8/c1-37(2)10-4-5-17-11-19(15-30-14-17)23-13-21-24(16-32-23)35-36-26(21)28-33-22-8-9-31-25(27(22)34-28)18-6-3-7-20(29)12-18/h3,6-9,11-16H,4-5,10H2,1-2H3,(H,33,34)(H,35,36). The number of pyridine rings is 3. The van der Waals surface area contributed by atoms with Crippen LogP contribution in [0.15, 0.2) is 67.3 Å². The lowest BCUT2D eigenvalue weighted by Crippen LogP contribution is -2.13. The summed E-state index contributed by atoms with van der Waals surface area (Å²) >= 11 is 0. The van der Waals surface area contributed by atoms with Crippen LogP contribution in [0.1, 0.15) is 12.0 Å². The molecule has 0 amide bonds. The highest BCUT2D eigenvalue weighted by molar-refractivity contribution is 5.96. The predicted octanol–water partition coefficient (Wildman–Crippen LogP) is 5.26. The molecule has 6 aromatic rings. The number of aromatic amines is 2. The van der Waals surface area contributed by atoms with Crippen molar-refractivity contribution in [3.63, 3.8) is 0 Å². The molecule has 9 heteroatoms. The zero-order chi connectivity index (χ0) is 25.4. The Labute approximate surface area is 212 Å². The zero-order valence-electron chi connectivity index (χ0n) is 20.5. The van der Waals surface area contributed by atoms with Crippen molar-refractivity contribution in [3.05, 3.63) is 78.6 Å². The second-order valence-electron chi connectivity index (χ2n) is 9.33. The third-order valence-electron chi connectivity index (χ3n) is 6.33. The van der Waals surface area contributed by atoms with Crippen molar-refractivity contribution in [3.8, 4) is 34.0 Å². The number of H-pyrrole nitrogens is 2. The average molecular weight is 493 g/mol. The molecule has 5 heterocycles. The highest BCUT2D eigenvalue weighted by Crippen LogP contribution is 2.31. The van der Waals surface area contributed by atoms with Crippen LogP contribution < -0.4 is 0 Å². The van der Waals surface area contributed by atoms with Gasteiger partial charge in [0.05, 0.1) is 28.6 Å². The van der Waals surface area contributed by atoms with E-state index in [1.54, 1.807) is 18.5 Å². The van der Waals surface area contributed by atoms with Crippen LogP contribution in [0, 0.1) is 5.82 Å². The van der Waals surface area contributed by atoms with E-state index in [0.29, 0.717) is 28.3 Å². The SMILES string of the molecule is CN(C)CCCc1cncc(-c2cc3c(-c4nc5c(-c6cccc(F)c6)nccc5[nH]4)n[nH]c3cn2)c1. The van der Waals surface area contributed by atoms with E-state index >= 15 is 0 Å². The largest absolute Gasteiger partial charge is 0.336 e. The summed E-state index contributed by atoms with van der Waals surface area (Å²) in [5.41, 5.74) is 7.16. The van der Waals surface area contributed by atoms with Crippen LogP contribution in [0.5, 0.6) is 0 Å². The third kappa shape index (κ3) is 4.56. The maximum absolute atomic E-state index is 13.9. The van der Waals surface area contributed by atoms with Crippen LogP contribution in [0.4, 0.5) is 4.39 Å². The number of nitrogens with zero attached hydrogens (tertiary/aromatic N) is 6. The van der Waals surface area contributed by atoms with Gasteiger partial charge in [-0.2, -0.15) is 5.10 Å². The van der Waals surface area contributed by atoms with Crippen LogP contribution in [-0.4, -0.2) is 60.7 Å². The summed E-state index contributed by atoms with van der Waals surface area (Å²) in [7, 11) is 4.16. The second-order valence-corrected chi connectivity index (χ2v) is 9.33. The van der Waals surface area contributed by atoms with Gasteiger partial charge in [-0.15, -0.1) is 0 Å². The van der Waals surface area contributed by atoms with Crippen molar-refractivity contribution >= 4 is 21.9 Å². The summed E-state index contributed by atoms with van der Waals surface area (Å²) in [5, 5.41) is 8.47. The minimum atomic E-state index is -0.318. The van der Waals surface area contributed by atoms with Crippen LogP contribution in [-0.2, 0) is 6.42 Å². The smallest absolute Gasteiger partial charge is 0.159 e. The predicted molar refractivity (Wildman–Crippen MR) is 142 cm³/mol. The molecular formula is C28H25FN8. The van der Waals surface area contributed by atoms with E-state index in [-0.39, 0.29) is 5.82 Å². The van der Waals surface area contributed by atoms with Gasteiger partial charge >= 0.3 is 0 Å². The van der Waals surface area contributed by atoms with Crippen LogP contribution in [0.2, 0.25) is 0 Å². The van der Waals surface area contributed by atoms with Gasteiger partial charge in [-0.1, -0.05) is 12.1 Å². The normalized spacial score (nSPS) is 11.7. The van der Waals surface area contributed by atoms with Crippen molar-refractivity contribution in [2.75, 3.05) is 20.6 Å². The van der Waals surface area contributed by atoms with Crippen molar-refractivity contribution in [1.82, 2.24) is 40.0 Å². The van der Waals surface area contributed by atoms with Gasteiger partial charge in [0.2, 0.25) is 0 Å². The molecule has 0 aliphatic heterocycles. The number of halogens is 1. The summed E-state index contributed by atoms with van der Waals surface area (Å²) < 4.78 is 13.9. The Morgan fingerprint density at radius 2 is 1.84 bits per heavy atom. The Hall–Kier alpha value is -4.50. The molecule has 37 heavy (non-hydrogen) atoms. The first kappa shape index (κ1) is 22.9. The van der Waals surface area contributed by atoms with E-state index in [0.717, 1.165) is 47.1 Å². The maximum Gasteiger partial charge on any atom is 0.159 e. The molecule has 0 bridgehead atoms. The topological polar surface area (TPSA) is 99.3 Å². The van der Waals surface area contributed by atoms with E-state index in [2.05, 4.69) is 55.2 Å². The van der Waals surface area contributed by atoms with Gasteiger partial charge in [-0.3, -0.25) is 20.1 Å². The lowest BCUT2D eigenvalue weighted by Gasteiger charge is -2.09. The van der Waals surface area contributed by atoms with E-state index in [4.69, 9.17) is 4.98 Å².